The van der Waals surface area contributed by atoms with Crippen LogP contribution in [0.5, 0.6) is 11.5 Å². The predicted octanol–water partition coefficient (Wildman–Crippen LogP) is 5.14. The van der Waals surface area contributed by atoms with E-state index in [1.165, 1.54) is 0 Å². The molecule has 6 heteroatoms. The highest BCUT2D eigenvalue weighted by molar-refractivity contribution is 5.68. The van der Waals surface area contributed by atoms with Crippen LogP contribution in [-0.4, -0.2) is 37.8 Å². The Morgan fingerprint density at radius 2 is 1.69 bits per heavy atom. The van der Waals surface area contributed by atoms with Gasteiger partial charge in [0.05, 0.1) is 19.9 Å². The molecule has 0 saturated heterocycles. The molecule has 6 nitrogen and oxygen atoms in total. The van der Waals surface area contributed by atoms with Crippen LogP contribution in [0.25, 0.3) is 11.3 Å². The topological polar surface area (TPSA) is 59.5 Å². The summed E-state index contributed by atoms with van der Waals surface area (Å²) >= 11 is 0. The van der Waals surface area contributed by atoms with Gasteiger partial charge < -0.3 is 19.7 Å². The van der Waals surface area contributed by atoms with E-state index in [-0.39, 0.29) is 0 Å². The van der Waals surface area contributed by atoms with Crippen molar-refractivity contribution in [1.29, 1.82) is 0 Å². The summed E-state index contributed by atoms with van der Waals surface area (Å²) in [6.45, 7) is 3.09. The molecule has 0 saturated carbocycles. The molecule has 0 unspecified atom stereocenters. The number of ether oxygens (including phenoxy) is 2. The summed E-state index contributed by atoms with van der Waals surface area (Å²) in [5, 5.41) is 3.38. The number of aromatic nitrogens is 2. The summed E-state index contributed by atoms with van der Waals surface area (Å²) in [6.07, 6.45) is 2.22. The minimum Gasteiger partial charge on any atom is -0.493 e. The zero-order valence-corrected chi connectivity index (χ0v) is 17.5. The number of hydrogen-bond acceptors (Lipinski definition) is 6. The summed E-state index contributed by atoms with van der Waals surface area (Å²) in [7, 11) is 5.28. The van der Waals surface area contributed by atoms with E-state index >= 15 is 0 Å². The van der Waals surface area contributed by atoms with Crippen molar-refractivity contribution < 1.29 is 9.47 Å². The molecular formula is C23H28N4O2. The van der Waals surface area contributed by atoms with Crippen molar-refractivity contribution in [3.8, 4) is 22.8 Å². The Morgan fingerprint density at radius 3 is 2.38 bits per heavy atom. The summed E-state index contributed by atoms with van der Waals surface area (Å²) in [6, 6.07) is 17.8. The number of anilines is 3. The van der Waals surface area contributed by atoms with Crippen molar-refractivity contribution in [3.63, 3.8) is 0 Å². The predicted molar refractivity (Wildman–Crippen MR) is 118 cm³/mol. The molecule has 0 aliphatic heterocycles. The van der Waals surface area contributed by atoms with Crippen LogP contribution in [0.15, 0.2) is 54.6 Å². The molecule has 0 aliphatic rings. The van der Waals surface area contributed by atoms with E-state index in [1.54, 1.807) is 14.2 Å². The number of hydrogen-bond donors (Lipinski definition) is 1. The van der Waals surface area contributed by atoms with Crippen LogP contribution in [0.3, 0.4) is 0 Å². The molecule has 1 heterocycles. The van der Waals surface area contributed by atoms with Crippen LogP contribution in [0.1, 0.15) is 19.8 Å². The molecule has 0 spiro atoms. The van der Waals surface area contributed by atoms with Gasteiger partial charge in [-0.1, -0.05) is 43.7 Å². The average molecular weight is 393 g/mol. The SMILES string of the molecule is CCCCN(C)c1nc(Nc2ccc(OC)c(OC)c2)cc(-c2ccccc2)n1. The van der Waals surface area contributed by atoms with Crippen molar-refractivity contribution >= 4 is 17.5 Å². The van der Waals surface area contributed by atoms with Crippen LogP contribution in [0.2, 0.25) is 0 Å². The Morgan fingerprint density at radius 1 is 0.931 bits per heavy atom. The molecule has 0 fully saturated rings. The van der Waals surface area contributed by atoms with E-state index in [2.05, 4.69) is 29.3 Å². The molecule has 29 heavy (non-hydrogen) atoms. The maximum Gasteiger partial charge on any atom is 0.227 e. The normalized spacial score (nSPS) is 10.5. The highest BCUT2D eigenvalue weighted by Crippen LogP contribution is 2.32. The Hall–Kier alpha value is -3.28. The summed E-state index contributed by atoms with van der Waals surface area (Å²) < 4.78 is 10.7. The number of nitrogens with one attached hydrogen (secondary N) is 1. The van der Waals surface area contributed by atoms with Crippen molar-refractivity contribution in [2.24, 2.45) is 0 Å². The molecule has 0 aliphatic carbocycles. The second-order valence-corrected chi connectivity index (χ2v) is 6.77. The maximum atomic E-state index is 5.41. The molecule has 0 bridgehead atoms. The van der Waals surface area contributed by atoms with Gasteiger partial charge in [-0.2, -0.15) is 4.98 Å². The summed E-state index contributed by atoms with van der Waals surface area (Å²) in [5.41, 5.74) is 2.79. The second kappa shape index (κ2) is 9.78. The first-order valence-corrected chi connectivity index (χ1v) is 9.79. The van der Waals surface area contributed by atoms with Gasteiger partial charge in [0.15, 0.2) is 11.5 Å². The monoisotopic (exact) mass is 392 g/mol. The Labute approximate surface area is 172 Å². The third kappa shape index (κ3) is 5.16. The smallest absolute Gasteiger partial charge is 0.227 e. The van der Waals surface area contributed by atoms with E-state index in [4.69, 9.17) is 19.4 Å². The van der Waals surface area contributed by atoms with Crippen LogP contribution in [0, 0.1) is 0 Å². The zero-order chi connectivity index (χ0) is 20.6. The highest BCUT2D eigenvalue weighted by atomic mass is 16.5. The standard InChI is InChI=1S/C23H28N4O2/c1-5-6-14-27(2)23-25-19(17-10-8-7-9-11-17)16-22(26-23)24-18-12-13-20(28-3)21(15-18)29-4/h7-13,15-16H,5-6,14H2,1-4H3,(H,24,25,26). The molecule has 3 rings (SSSR count). The number of rotatable bonds is 9. The Kier molecular flexibility index (Phi) is 6.89. The lowest BCUT2D eigenvalue weighted by Gasteiger charge is -2.19. The van der Waals surface area contributed by atoms with Crippen molar-refractivity contribution in [2.75, 3.05) is 38.0 Å². The third-order valence-electron chi connectivity index (χ3n) is 4.63. The van der Waals surface area contributed by atoms with Crippen molar-refractivity contribution in [1.82, 2.24) is 9.97 Å². The fraction of sp³-hybridized carbons (Fsp3) is 0.304. The minimum atomic E-state index is 0.662. The van der Waals surface area contributed by atoms with Crippen molar-refractivity contribution in [2.45, 2.75) is 19.8 Å². The van der Waals surface area contributed by atoms with Gasteiger partial charge in [-0.3, -0.25) is 0 Å². The summed E-state index contributed by atoms with van der Waals surface area (Å²) in [4.78, 5) is 11.6. The number of nitrogens with zero attached hydrogens (tertiary/aromatic N) is 3. The first-order valence-electron chi connectivity index (χ1n) is 9.79. The second-order valence-electron chi connectivity index (χ2n) is 6.77. The first kappa shape index (κ1) is 20.5. The van der Waals surface area contributed by atoms with Gasteiger partial charge in [0.1, 0.15) is 5.82 Å². The fourth-order valence-corrected chi connectivity index (χ4v) is 2.98. The molecular weight excluding hydrogens is 364 g/mol. The first-order chi connectivity index (χ1) is 14.1. The Bertz CT molecular complexity index is 931. The van der Waals surface area contributed by atoms with E-state index in [9.17, 15) is 0 Å². The molecule has 3 aromatic rings. The van der Waals surface area contributed by atoms with Crippen LogP contribution in [-0.2, 0) is 0 Å². The largest absolute Gasteiger partial charge is 0.493 e. The van der Waals surface area contributed by atoms with Gasteiger partial charge >= 0.3 is 0 Å². The maximum absolute atomic E-state index is 5.41. The fourth-order valence-electron chi connectivity index (χ4n) is 2.98. The number of benzene rings is 2. The lowest BCUT2D eigenvalue weighted by atomic mass is 10.1. The molecule has 152 valence electrons. The molecule has 0 amide bonds. The van der Waals surface area contributed by atoms with E-state index in [0.29, 0.717) is 17.4 Å². The minimum absolute atomic E-state index is 0.662. The molecule has 1 N–H and O–H groups in total. The van der Waals surface area contributed by atoms with Gasteiger partial charge in [-0.05, 0) is 18.6 Å². The quantitative estimate of drug-likeness (QED) is 0.544. The van der Waals surface area contributed by atoms with E-state index in [0.717, 1.165) is 42.1 Å². The van der Waals surface area contributed by atoms with Crippen LogP contribution in [0.4, 0.5) is 17.5 Å². The Balaban J connectivity index is 1.96. The lowest BCUT2D eigenvalue weighted by molar-refractivity contribution is 0.355. The molecule has 2 aromatic carbocycles. The van der Waals surface area contributed by atoms with Gasteiger partial charge in [-0.15, -0.1) is 0 Å². The van der Waals surface area contributed by atoms with Gasteiger partial charge in [-0.25, -0.2) is 4.98 Å². The zero-order valence-electron chi connectivity index (χ0n) is 17.5. The van der Waals surface area contributed by atoms with E-state index in [1.807, 2.05) is 49.5 Å². The van der Waals surface area contributed by atoms with Crippen LogP contribution < -0.4 is 19.7 Å². The van der Waals surface area contributed by atoms with E-state index < -0.39 is 0 Å². The van der Waals surface area contributed by atoms with Gasteiger partial charge in [0, 0.05) is 37.0 Å². The third-order valence-corrected chi connectivity index (χ3v) is 4.63. The van der Waals surface area contributed by atoms with Crippen molar-refractivity contribution in [3.05, 3.63) is 54.6 Å². The number of methoxy groups -OCH3 is 2. The molecule has 1 aromatic heterocycles. The van der Waals surface area contributed by atoms with Gasteiger partial charge in [0.25, 0.3) is 0 Å². The highest BCUT2D eigenvalue weighted by Gasteiger charge is 2.12. The van der Waals surface area contributed by atoms with Gasteiger partial charge in [0.2, 0.25) is 5.95 Å². The average Bonchev–Trinajstić information content (AvgIpc) is 2.77. The number of unbranched alkanes of at least 4 members (excludes halogenated alkanes) is 1. The molecule has 0 radical (unpaired) electrons. The molecule has 0 atom stereocenters. The van der Waals surface area contributed by atoms with Crippen LogP contribution >= 0.6 is 0 Å². The summed E-state index contributed by atoms with van der Waals surface area (Å²) in [5.74, 6) is 2.77. The lowest BCUT2D eigenvalue weighted by Crippen LogP contribution is -2.21.